The van der Waals surface area contributed by atoms with Gasteiger partial charge in [0.15, 0.2) is 0 Å². The van der Waals surface area contributed by atoms with Crippen LogP contribution in [0.25, 0.3) is 0 Å². The molecule has 0 fully saturated rings. The standard InChI is InChI=1S/2C9H13N.C7H5NO4/c2*1-8-2-4-9(5-3-8)6-7-10;9-6(10)4-1-2-8-5(3-4)7(11)12/h2*2-5H,6-7,10H2,1H3;1-3H,(H,9,10)(H,11,12). The van der Waals surface area contributed by atoms with Crippen LogP contribution in [0.3, 0.4) is 0 Å². The van der Waals surface area contributed by atoms with E-state index < -0.39 is 11.9 Å². The fourth-order valence-electron chi connectivity index (χ4n) is 2.52. The van der Waals surface area contributed by atoms with Crippen LogP contribution in [0.2, 0.25) is 0 Å². The number of carboxylic acid groups (broad SMARTS) is 2. The predicted octanol–water partition coefficient (Wildman–Crippen LogP) is 3.47. The van der Waals surface area contributed by atoms with E-state index in [2.05, 4.69) is 67.4 Å². The van der Waals surface area contributed by atoms with Crippen LogP contribution in [-0.4, -0.2) is 40.2 Å². The fourth-order valence-corrected chi connectivity index (χ4v) is 2.52. The minimum Gasteiger partial charge on any atom is -0.478 e. The van der Waals surface area contributed by atoms with Gasteiger partial charge in [0.05, 0.1) is 5.56 Å². The normalized spacial score (nSPS) is 9.62. The molecule has 0 saturated heterocycles. The Bertz CT molecular complexity index is 894. The maximum atomic E-state index is 10.4. The molecule has 2 aromatic carbocycles. The van der Waals surface area contributed by atoms with E-state index in [1.54, 1.807) is 0 Å². The number of hydrogen-bond donors (Lipinski definition) is 4. The van der Waals surface area contributed by atoms with Crippen molar-refractivity contribution in [1.29, 1.82) is 0 Å². The van der Waals surface area contributed by atoms with E-state index in [9.17, 15) is 9.59 Å². The second-order valence-electron chi connectivity index (χ2n) is 7.09. The number of hydrogen-bond acceptors (Lipinski definition) is 5. The SMILES string of the molecule is Cc1ccc(CCN)cc1.Cc1ccc(CCN)cc1.O=C(O)c1ccnc(C(=O)O)c1. The topological polar surface area (TPSA) is 140 Å². The molecule has 0 saturated carbocycles. The Morgan fingerprint density at radius 3 is 1.53 bits per heavy atom. The van der Waals surface area contributed by atoms with Crippen LogP contribution >= 0.6 is 0 Å². The second-order valence-corrected chi connectivity index (χ2v) is 7.09. The van der Waals surface area contributed by atoms with Gasteiger partial charge in [0.1, 0.15) is 5.69 Å². The summed E-state index contributed by atoms with van der Waals surface area (Å²) in [6.45, 7) is 5.66. The summed E-state index contributed by atoms with van der Waals surface area (Å²) in [6.07, 6.45) is 3.12. The van der Waals surface area contributed by atoms with Gasteiger partial charge in [0.2, 0.25) is 0 Å². The zero-order valence-corrected chi connectivity index (χ0v) is 18.5. The minimum absolute atomic E-state index is 0.0811. The smallest absolute Gasteiger partial charge is 0.354 e. The lowest BCUT2D eigenvalue weighted by atomic mass is 10.1. The van der Waals surface area contributed by atoms with Crippen LogP contribution in [0, 0.1) is 13.8 Å². The molecule has 0 atom stereocenters. The monoisotopic (exact) mass is 437 g/mol. The van der Waals surface area contributed by atoms with Crippen LogP contribution in [0.4, 0.5) is 0 Å². The van der Waals surface area contributed by atoms with Gasteiger partial charge in [-0.05, 0) is 63.0 Å². The Balaban J connectivity index is 0.000000241. The van der Waals surface area contributed by atoms with E-state index in [1.165, 1.54) is 28.3 Å². The van der Waals surface area contributed by atoms with E-state index in [-0.39, 0.29) is 11.3 Å². The summed E-state index contributed by atoms with van der Waals surface area (Å²) in [4.78, 5) is 24.1. The van der Waals surface area contributed by atoms with Gasteiger partial charge >= 0.3 is 11.9 Å². The Morgan fingerprint density at radius 2 is 1.19 bits per heavy atom. The number of aryl methyl sites for hydroxylation is 2. The molecule has 170 valence electrons. The van der Waals surface area contributed by atoms with Gasteiger partial charge in [-0.3, -0.25) is 0 Å². The highest BCUT2D eigenvalue weighted by Crippen LogP contribution is 2.03. The summed E-state index contributed by atoms with van der Waals surface area (Å²) in [7, 11) is 0. The molecule has 0 bridgehead atoms. The molecule has 3 aromatic rings. The van der Waals surface area contributed by atoms with E-state index in [4.69, 9.17) is 21.7 Å². The summed E-state index contributed by atoms with van der Waals surface area (Å²) in [6, 6.07) is 19.2. The predicted molar refractivity (Wildman–Crippen MR) is 126 cm³/mol. The van der Waals surface area contributed by atoms with E-state index >= 15 is 0 Å². The van der Waals surface area contributed by atoms with Crippen molar-refractivity contribution in [3.8, 4) is 0 Å². The van der Waals surface area contributed by atoms with Crippen molar-refractivity contribution in [2.24, 2.45) is 11.5 Å². The minimum atomic E-state index is -1.24. The van der Waals surface area contributed by atoms with Crippen LogP contribution in [0.15, 0.2) is 66.9 Å². The van der Waals surface area contributed by atoms with Crippen LogP contribution in [0.1, 0.15) is 43.1 Å². The number of aromatic carboxylic acids is 2. The summed E-state index contributed by atoms with van der Waals surface area (Å²) in [5.41, 5.74) is 15.7. The Hall–Kier alpha value is -3.55. The van der Waals surface area contributed by atoms with Gasteiger partial charge in [0.25, 0.3) is 0 Å². The lowest BCUT2D eigenvalue weighted by molar-refractivity contribution is 0.0690. The largest absolute Gasteiger partial charge is 0.478 e. The first-order valence-corrected chi connectivity index (χ1v) is 10.2. The molecule has 0 unspecified atom stereocenters. The molecule has 1 aromatic heterocycles. The molecule has 0 aliphatic rings. The molecule has 0 spiro atoms. The van der Waals surface area contributed by atoms with Gasteiger partial charge < -0.3 is 21.7 Å². The van der Waals surface area contributed by atoms with Gasteiger partial charge in [0, 0.05) is 6.20 Å². The molecule has 3 rings (SSSR count). The number of aromatic nitrogens is 1. The third-order valence-electron chi connectivity index (χ3n) is 4.33. The fraction of sp³-hybridized carbons (Fsp3) is 0.240. The van der Waals surface area contributed by atoms with Crippen LogP contribution < -0.4 is 11.5 Å². The van der Waals surface area contributed by atoms with Gasteiger partial charge in [-0.1, -0.05) is 59.7 Å². The zero-order valence-electron chi connectivity index (χ0n) is 18.5. The first-order valence-electron chi connectivity index (χ1n) is 10.2. The summed E-state index contributed by atoms with van der Waals surface area (Å²) in [5, 5.41) is 16.9. The Kier molecular flexibility index (Phi) is 12.0. The number of carbonyl (C=O) groups is 2. The quantitative estimate of drug-likeness (QED) is 0.463. The molecule has 7 nitrogen and oxygen atoms in total. The van der Waals surface area contributed by atoms with Gasteiger partial charge in [-0.2, -0.15) is 0 Å². The van der Waals surface area contributed by atoms with Crippen molar-refractivity contribution in [2.75, 3.05) is 13.1 Å². The molecular formula is C25H31N3O4. The maximum absolute atomic E-state index is 10.4. The second kappa shape index (κ2) is 14.5. The summed E-state index contributed by atoms with van der Waals surface area (Å²) < 4.78 is 0. The average molecular weight is 438 g/mol. The number of rotatable bonds is 6. The third kappa shape index (κ3) is 10.5. The Morgan fingerprint density at radius 1 is 0.750 bits per heavy atom. The molecule has 0 aliphatic heterocycles. The molecule has 0 aliphatic carbocycles. The van der Waals surface area contributed by atoms with Crippen molar-refractivity contribution in [2.45, 2.75) is 26.7 Å². The molecule has 0 radical (unpaired) electrons. The molecule has 32 heavy (non-hydrogen) atoms. The van der Waals surface area contributed by atoms with Crippen LogP contribution in [-0.2, 0) is 12.8 Å². The molecule has 7 heteroatoms. The van der Waals surface area contributed by atoms with Crippen molar-refractivity contribution in [1.82, 2.24) is 4.98 Å². The van der Waals surface area contributed by atoms with E-state index in [0.29, 0.717) is 0 Å². The van der Waals surface area contributed by atoms with Crippen LogP contribution in [0.5, 0.6) is 0 Å². The highest BCUT2D eigenvalue weighted by Gasteiger charge is 2.08. The van der Waals surface area contributed by atoms with Gasteiger partial charge in [-0.15, -0.1) is 0 Å². The number of pyridine rings is 1. The summed E-state index contributed by atoms with van der Waals surface area (Å²) >= 11 is 0. The van der Waals surface area contributed by atoms with Crippen molar-refractivity contribution in [3.05, 3.63) is 100 Å². The van der Waals surface area contributed by atoms with E-state index in [1.807, 2.05) is 0 Å². The van der Waals surface area contributed by atoms with Crippen molar-refractivity contribution in [3.63, 3.8) is 0 Å². The van der Waals surface area contributed by atoms with Crippen molar-refractivity contribution >= 4 is 11.9 Å². The average Bonchev–Trinajstić information content (AvgIpc) is 2.78. The first-order chi connectivity index (χ1) is 15.3. The number of benzene rings is 2. The molecule has 6 N–H and O–H groups in total. The number of nitrogens with two attached hydrogens (primary N) is 2. The maximum Gasteiger partial charge on any atom is 0.354 e. The number of nitrogens with zero attached hydrogens (tertiary/aromatic N) is 1. The highest BCUT2D eigenvalue weighted by molar-refractivity contribution is 5.92. The molecule has 1 heterocycles. The number of carboxylic acids is 2. The van der Waals surface area contributed by atoms with Crippen molar-refractivity contribution < 1.29 is 19.8 Å². The Labute approximate surface area is 188 Å². The van der Waals surface area contributed by atoms with E-state index in [0.717, 1.165) is 38.2 Å². The highest BCUT2D eigenvalue weighted by atomic mass is 16.4. The lowest BCUT2D eigenvalue weighted by Gasteiger charge is -1.97. The lowest BCUT2D eigenvalue weighted by Crippen LogP contribution is -2.03. The molecular weight excluding hydrogens is 406 g/mol. The third-order valence-corrected chi connectivity index (χ3v) is 4.33. The zero-order chi connectivity index (χ0) is 23.9. The summed E-state index contributed by atoms with van der Waals surface area (Å²) in [5.74, 6) is -2.40. The van der Waals surface area contributed by atoms with Gasteiger partial charge in [-0.25, -0.2) is 14.6 Å². The molecule has 0 amide bonds. The first kappa shape index (κ1) is 26.5.